The van der Waals surface area contributed by atoms with E-state index in [2.05, 4.69) is 49.1 Å². The summed E-state index contributed by atoms with van der Waals surface area (Å²) in [5, 5.41) is 0. The van der Waals surface area contributed by atoms with Crippen molar-refractivity contribution in [1.82, 2.24) is 0 Å². The maximum absolute atomic E-state index is 2.26. The molecule has 0 amide bonds. The van der Waals surface area contributed by atoms with Gasteiger partial charge in [-0.05, 0) is 60.2 Å². The highest BCUT2D eigenvalue weighted by atomic mass is 32.2. The Bertz CT molecular complexity index is 95.0. The molecule has 0 aliphatic rings. The van der Waals surface area contributed by atoms with E-state index in [4.69, 9.17) is 0 Å². The Kier molecular flexibility index (Phi) is 16.1. The van der Waals surface area contributed by atoms with Crippen LogP contribution in [0.2, 0.25) is 0 Å². The first-order chi connectivity index (χ1) is 7.41. The average Bonchev–Trinajstić information content (AvgIpc) is 2.26. The van der Waals surface area contributed by atoms with Crippen LogP contribution in [0, 0.1) is 0 Å². The molecule has 0 aromatic heterocycles. The molecule has 0 atom stereocenters. The fourth-order valence-electron chi connectivity index (χ4n) is 1.12. The third-order valence-electron chi connectivity index (χ3n) is 1.85. The average molecular weight is 267 g/mol. The lowest BCUT2D eigenvalue weighted by atomic mass is 10.6. The van der Waals surface area contributed by atoms with Crippen molar-refractivity contribution in [3.05, 3.63) is 0 Å². The van der Waals surface area contributed by atoms with E-state index in [1.54, 1.807) is 0 Å². The van der Waals surface area contributed by atoms with Crippen molar-refractivity contribution in [2.24, 2.45) is 0 Å². The predicted octanol–water partition coefficient (Wildman–Crippen LogP) is 4.79. The SMILES string of the molecule is CCCSCCCSCCCSCCC. The van der Waals surface area contributed by atoms with Crippen LogP contribution >= 0.6 is 35.3 Å². The first-order valence-electron chi connectivity index (χ1n) is 6.15. The summed E-state index contributed by atoms with van der Waals surface area (Å²) in [6.45, 7) is 4.52. The first-order valence-corrected chi connectivity index (χ1v) is 9.61. The van der Waals surface area contributed by atoms with Gasteiger partial charge in [-0.2, -0.15) is 35.3 Å². The normalized spacial score (nSPS) is 10.8. The second kappa shape index (κ2) is 15.0. The standard InChI is InChI=1S/C12H26S3/c1-3-7-13-9-5-11-15-12-6-10-14-8-4-2/h3-12H2,1-2H3. The second-order valence-corrected chi connectivity index (χ2v) is 7.22. The molecular weight excluding hydrogens is 240 g/mol. The summed E-state index contributed by atoms with van der Waals surface area (Å²) in [7, 11) is 0. The summed E-state index contributed by atoms with van der Waals surface area (Å²) in [6, 6.07) is 0. The van der Waals surface area contributed by atoms with Gasteiger partial charge in [-0.3, -0.25) is 0 Å². The van der Waals surface area contributed by atoms with Crippen molar-refractivity contribution in [1.29, 1.82) is 0 Å². The van der Waals surface area contributed by atoms with Crippen LogP contribution in [-0.4, -0.2) is 34.5 Å². The molecule has 0 fully saturated rings. The molecule has 15 heavy (non-hydrogen) atoms. The summed E-state index contributed by atoms with van der Waals surface area (Å²) in [6.07, 6.45) is 5.45. The van der Waals surface area contributed by atoms with Crippen molar-refractivity contribution in [2.45, 2.75) is 39.5 Å². The quantitative estimate of drug-likeness (QED) is 0.466. The lowest BCUT2D eigenvalue weighted by molar-refractivity contribution is 1.07. The van der Waals surface area contributed by atoms with Gasteiger partial charge in [-0.25, -0.2) is 0 Å². The highest BCUT2D eigenvalue weighted by Crippen LogP contribution is 2.12. The molecule has 0 saturated carbocycles. The Labute approximate surface area is 109 Å². The summed E-state index contributed by atoms with van der Waals surface area (Å²) >= 11 is 6.36. The maximum Gasteiger partial charge on any atom is -0.00597 e. The van der Waals surface area contributed by atoms with Gasteiger partial charge in [0.05, 0.1) is 0 Å². The summed E-state index contributed by atoms with van der Waals surface area (Å²) < 4.78 is 0. The Morgan fingerprint density at radius 2 is 0.867 bits per heavy atom. The molecule has 92 valence electrons. The third kappa shape index (κ3) is 15.1. The number of hydrogen-bond acceptors (Lipinski definition) is 3. The molecule has 0 aliphatic heterocycles. The Balaban J connectivity index is 2.81. The van der Waals surface area contributed by atoms with Crippen LogP contribution in [0.15, 0.2) is 0 Å². The van der Waals surface area contributed by atoms with Crippen LogP contribution in [0.1, 0.15) is 39.5 Å². The van der Waals surface area contributed by atoms with E-state index in [1.165, 1.54) is 60.2 Å². The van der Waals surface area contributed by atoms with Crippen LogP contribution in [0.25, 0.3) is 0 Å². The summed E-state index contributed by atoms with van der Waals surface area (Å²) in [4.78, 5) is 0. The van der Waals surface area contributed by atoms with E-state index >= 15 is 0 Å². The largest absolute Gasteiger partial charge is 0.162 e. The minimum absolute atomic E-state index is 1.33. The van der Waals surface area contributed by atoms with Crippen molar-refractivity contribution in [3.63, 3.8) is 0 Å². The van der Waals surface area contributed by atoms with Gasteiger partial charge in [-0.1, -0.05) is 13.8 Å². The highest BCUT2D eigenvalue weighted by molar-refractivity contribution is 8.00. The fourth-order valence-corrected chi connectivity index (χ4v) is 4.07. The van der Waals surface area contributed by atoms with E-state index in [0.717, 1.165) is 0 Å². The smallest absolute Gasteiger partial charge is 0.00597 e. The van der Waals surface area contributed by atoms with Crippen LogP contribution in [0.5, 0.6) is 0 Å². The summed E-state index contributed by atoms with van der Waals surface area (Å²) in [5.74, 6) is 8.16. The molecular formula is C12H26S3. The minimum atomic E-state index is 1.33. The molecule has 0 bridgehead atoms. The molecule has 0 unspecified atom stereocenters. The Morgan fingerprint density at radius 1 is 0.533 bits per heavy atom. The van der Waals surface area contributed by atoms with Gasteiger partial charge in [0.15, 0.2) is 0 Å². The predicted molar refractivity (Wildman–Crippen MR) is 81.8 cm³/mol. The van der Waals surface area contributed by atoms with Crippen LogP contribution in [0.3, 0.4) is 0 Å². The van der Waals surface area contributed by atoms with Crippen molar-refractivity contribution < 1.29 is 0 Å². The monoisotopic (exact) mass is 266 g/mol. The van der Waals surface area contributed by atoms with E-state index < -0.39 is 0 Å². The van der Waals surface area contributed by atoms with E-state index in [-0.39, 0.29) is 0 Å². The molecule has 0 aliphatic carbocycles. The molecule has 0 heterocycles. The van der Waals surface area contributed by atoms with Crippen LogP contribution in [-0.2, 0) is 0 Å². The molecule has 0 radical (unpaired) electrons. The van der Waals surface area contributed by atoms with Crippen molar-refractivity contribution in [3.8, 4) is 0 Å². The molecule has 0 aromatic carbocycles. The Morgan fingerprint density at radius 3 is 1.20 bits per heavy atom. The van der Waals surface area contributed by atoms with Crippen LogP contribution in [0.4, 0.5) is 0 Å². The first kappa shape index (κ1) is 16.1. The zero-order valence-electron chi connectivity index (χ0n) is 10.3. The Hall–Kier alpha value is 1.05. The lowest BCUT2D eigenvalue weighted by Crippen LogP contribution is -1.90. The molecule has 0 nitrogen and oxygen atoms in total. The zero-order valence-corrected chi connectivity index (χ0v) is 12.7. The third-order valence-corrected chi connectivity index (χ3v) is 5.55. The number of hydrogen-bond donors (Lipinski definition) is 0. The van der Waals surface area contributed by atoms with Gasteiger partial charge in [0, 0.05) is 0 Å². The topological polar surface area (TPSA) is 0 Å². The molecule has 3 heteroatoms. The highest BCUT2D eigenvalue weighted by Gasteiger charge is 1.92. The maximum atomic E-state index is 2.26. The minimum Gasteiger partial charge on any atom is -0.162 e. The lowest BCUT2D eigenvalue weighted by Gasteiger charge is -2.02. The molecule has 0 aromatic rings. The number of thioether (sulfide) groups is 3. The molecule has 0 spiro atoms. The molecule has 0 saturated heterocycles. The van der Waals surface area contributed by atoms with Crippen molar-refractivity contribution >= 4 is 35.3 Å². The van der Waals surface area contributed by atoms with Crippen molar-refractivity contribution in [2.75, 3.05) is 34.5 Å². The molecule has 0 N–H and O–H groups in total. The fraction of sp³-hybridized carbons (Fsp3) is 1.00. The van der Waals surface area contributed by atoms with Crippen LogP contribution < -0.4 is 0 Å². The second-order valence-electron chi connectivity index (χ2n) is 3.54. The van der Waals surface area contributed by atoms with Gasteiger partial charge in [-0.15, -0.1) is 0 Å². The van der Waals surface area contributed by atoms with Gasteiger partial charge < -0.3 is 0 Å². The summed E-state index contributed by atoms with van der Waals surface area (Å²) in [5.41, 5.74) is 0. The van der Waals surface area contributed by atoms with Gasteiger partial charge in [0.2, 0.25) is 0 Å². The van der Waals surface area contributed by atoms with Gasteiger partial charge in [0.1, 0.15) is 0 Å². The van der Waals surface area contributed by atoms with E-state index in [0.29, 0.717) is 0 Å². The van der Waals surface area contributed by atoms with E-state index in [9.17, 15) is 0 Å². The number of rotatable bonds is 12. The van der Waals surface area contributed by atoms with E-state index in [1.807, 2.05) is 0 Å². The van der Waals surface area contributed by atoms with Gasteiger partial charge >= 0.3 is 0 Å². The zero-order chi connectivity index (χ0) is 11.2. The van der Waals surface area contributed by atoms with Gasteiger partial charge in [0.25, 0.3) is 0 Å². The molecule has 0 rings (SSSR count).